The first-order valence-electron chi connectivity index (χ1n) is 5.07. The molecular weight excluding hydrogens is 176 g/mol. The van der Waals surface area contributed by atoms with E-state index in [1.54, 1.807) is 0 Å². The molecule has 0 aromatic carbocycles. The standard InChI is InChI=1S/C11H18N2O/c1-4-6-8-13-9-7-12-11(13)10(3)14-5-2/h5,7,9-10H,2,4,6,8H2,1,3H3. The lowest BCUT2D eigenvalue weighted by Gasteiger charge is -2.13. The monoisotopic (exact) mass is 194 g/mol. The van der Waals surface area contributed by atoms with Crippen molar-refractivity contribution in [1.29, 1.82) is 0 Å². The summed E-state index contributed by atoms with van der Waals surface area (Å²) in [4.78, 5) is 4.28. The maximum absolute atomic E-state index is 5.29. The number of hydrogen-bond donors (Lipinski definition) is 0. The van der Waals surface area contributed by atoms with Gasteiger partial charge in [0.25, 0.3) is 0 Å². The molecule has 0 saturated heterocycles. The van der Waals surface area contributed by atoms with E-state index in [1.807, 2.05) is 19.3 Å². The quantitative estimate of drug-likeness (QED) is 0.651. The number of hydrogen-bond acceptors (Lipinski definition) is 2. The first kappa shape index (κ1) is 10.8. The van der Waals surface area contributed by atoms with Crippen molar-refractivity contribution in [3.8, 4) is 0 Å². The maximum Gasteiger partial charge on any atom is 0.152 e. The fourth-order valence-electron chi connectivity index (χ4n) is 1.40. The Morgan fingerprint density at radius 3 is 3.14 bits per heavy atom. The zero-order chi connectivity index (χ0) is 10.4. The molecule has 14 heavy (non-hydrogen) atoms. The van der Waals surface area contributed by atoms with E-state index in [-0.39, 0.29) is 6.10 Å². The number of rotatable bonds is 6. The van der Waals surface area contributed by atoms with Crippen LogP contribution in [0.25, 0.3) is 0 Å². The number of unbranched alkanes of at least 4 members (excludes halogenated alkanes) is 1. The molecule has 0 aliphatic heterocycles. The fraction of sp³-hybridized carbons (Fsp3) is 0.545. The molecule has 1 unspecified atom stereocenters. The minimum Gasteiger partial charge on any atom is -0.491 e. The van der Waals surface area contributed by atoms with Crippen LogP contribution in [-0.2, 0) is 11.3 Å². The van der Waals surface area contributed by atoms with Crippen LogP contribution in [0.3, 0.4) is 0 Å². The molecule has 0 aliphatic carbocycles. The molecule has 0 bridgehead atoms. The molecule has 3 heteroatoms. The number of aryl methyl sites for hydroxylation is 1. The highest BCUT2D eigenvalue weighted by atomic mass is 16.5. The summed E-state index contributed by atoms with van der Waals surface area (Å²) in [7, 11) is 0. The van der Waals surface area contributed by atoms with Crippen LogP contribution < -0.4 is 0 Å². The van der Waals surface area contributed by atoms with E-state index in [1.165, 1.54) is 19.1 Å². The number of nitrogens with zero attached hydrogens (tertiary/aromatic N) is 2. The number of imidazole rings is 1. The third-order valence-electron chi connectivity index (χ3n) is 2.16. The van der Waals surface area contributed by atoms with Crippen molar-refractivity contribution >= 4 is 0 Å². The summed E-state index contributed by atoms with van der Waals surface area (Å²) < 4.78 is 7.42. The Labute approximate surface area is 85.4 Å². The van der Waals surface area contributed by atoms with E-state index < -0.39 is 0 Å². The average Bonchev–Trinajstić information content (AvgIpc) is 2.63. The molecule has 1 atom stereocenters. The lowest BCUT2D eigenvalue weighted by Crippen LogP contribution is -2.07. The summed E-state index contributed by atoms with van der Waals surface area (Å²) in [6.07, 6.45) is 7.61. The van der Waals surface area contributed by atoms with Gasteiger partial charge in [-0.1, -0.05) is 19.9 Å². The molecular formula is C11H18N2O. The summed E-state index contributed by atoms with van der Waals surface area (Å²) in [6, 6.07) is 0. The lowest BCUT2D eigenvalue weighted by molar-refractivity contribution is 0.152. The molecule has 0 spiro atoms. The zero-order valence-corrected chi connectivity index (χ0v) is 8.94. The van der Waals surface area contributed by atoms with Crippen LogP contribution in [0.15, 0.2) is 25.2 Å². The van der Waals surface area contributed by atoms with Gasteiger partial charge in [0.1, 0.15) is 5.82 Å². The van der Waals surface area contributed by atoms with Gasteiger partial charge < -0.3 is 9.30 Å². The summed E-state index contributed by atoms with van der Waals surface area (Å²) in [5, 5.41) is 0. The molecule has 1 heterocycles. The highest BCUT2D eigenvalue weighted by Gasteiger charge is 2.10. The van der Waals surface area contributed by atoms with Crippen molar-refractivity contribution in [2.45, 2.75) is 39.3 Å². The maximum atomic E-state index is 5.29. The van der Waals surface area contributed by atoms with Gasteiger partial charge in [-0.2, -0.15) is 0 Å². The van der Waals surface area contributed by atoms with Crippen LogP contribution in [0.5, 0.6) is 0 Å². The van der Waals surface area contributed by atoms with E-state index in [4.69, 9.17) is 4.74 Å². The summed E-state index contributed by atoms with van der Waals surface area (Å²) in [5.41, 5.74) is 0. The molecule has 0 radical (unpaired) electrons. The van der Waals surface area contributed by atoms with Gasteiger partial charge in [0, 0.05) is 18.9 Å². The molecule has 0 saturated carbocycles. The van der Waals surface area contributed by atoms with E-state index in [2.05, 4.69) is 23.1 Å². The van der Waals surface area contributed by atoms with Crippen molar-refractivity contribution in [2.24, 2.45) is 0 Å². The zero-order valence-electron chi connectivity index (χ0n) is 8.94. The van der Waals surface area contributed by atoms with Crippen LogP contribution in [-0.4, -0.2) is 9.55 Å². The molecule has 1 rings (SSSR count). The lowest BCUT2D eigenvalue weighted by atomic mass is 10.3. The molecule has 1 aromatic rings. The van der Waals surface area contributed by atoms with Crippen molar-refractivity contribution in [3.05, 3.63) is 31.1 Å². The van der Waals surface area contributed by atoms with Crippen LogP contribution in [0.2, 0.25) is 0 Å². The Morgan fingerprint density at radius 2 is 2.50 bits per heavy atom. The molecule has 78 valence electrons. The van der Waals surface area contributed by atoms with Gasteiger partial charge >= 0.3 is 0 Å². The van der Waals surface area contributed by atoms with Gasteiger partial charge in [0.15, 0.2) is 6.10 Å². The predicted molar refractivity (Wildman–Crippen MR) is 56.8 cm³/mol. The number of aromatic nitrogens is 2. The molecule has 0 amide bonds. The minimum atomic E-state index is -0.0145. The second-order valence-electron chi connectivity index (χ2n) is 3.28. The highest BCUT2D eigenvalue weighted by molar-refractivity contribution is 4.96. The Kier molecular flexibility index (Phi) is 4.23. The van der Waals surface area contributed by atoms with Gasteiger partial charge in [0.2, 0.25) is 0 Å². The Morgan fingerprint density at radius 1 is 1.71 bits per heavy atom. The average molecular weight is 194 g/mol. The third-order valence-corrected chi connectivity index (χ3v) is 2.16. The second kappa shape index (κ2) is 5.47. The van der Waals surface area contributed by atoms with Crippen molar-refractivity contribution < 1.29 is 4.74 Å². The van der Waals surface area contributed by atoms with Gasteiger partial charge in [0.05, 0.1) is 6.26 Å². The molecule has 0 N–H and O–H groups in total. The summed E-state index contributed by atoms with van der Waals surface area (Å²) in [5.74, 6) is 0.971. The normalized spacial score (nSPS) is 12.4. The predicted octanol–water partition coefficient (Wildman–Crippen LogP) is 2.90. The van der Waals surface area contributed by atoms with E-state index in [0.29, 0.717) is 0 Å². The first-order valence-corrected chi connectivity index (χ1v) is 5.07. The summed E-state index contributed by atoms with van der Waals surface area (Å²) in [6.45, 7) is 8.71. The van der Waals surface area contributed by atoms with Gasteiger partial charge in [-0.3, -0.25) is 0 Å². The molecule has 0 aliphatic rings. The Hall–Kier alpha value is -1.25. The van der Waals surface area contributed by atoms with E-state index >= 15 is 0 Å². The topological polar surface area (TPSA) is 27.1 Å². The van der Waals surface area contributed by atoms with Crippen LogP contribution in [0.1, 0.15) is 38.6 Å². The van der Waals surface area contributed by atoms with Gasteiger partial charge in [-0.25, -0.2) is 4.98 Å². The summed E-state index contributed by atoms with van der Waals surface area (Å²) >= 11 is 0. The molecule has 3 nitrogen and oxygen atoms in total. The third kappa shape index (κ3) is 2.62. The smallest absolute Gasteiger partial charge is 0.152 e. The Bertz CT molecular complexity index is 281. The fourth-order valence-corrected chi connectivity index (χ4v) is 1.40. The van der Waals surface area contributed by atoms with Gasteiger partial charge in [-0.15, -0.1) is 0 Å². The first-order chi connectivity index (χ1) is 6.79. The molecule has 0 fully saturated rings. The van der Waals surface area contributed by atoms with Crippen molar-refractivity contribution in [2.75, 3.05) is 0 Å². The van der Waals surface area contributed by atoms with E-state index in [0.717, 1.165) is 12.4 Å². The second-order valence-corrected chi connectivity index (χ2v) is 3.28. The minimum absolute atomic E-state index is 0.0145. The van der Waals surface area contributed by atoms with Crippen LogP contribution in [0.4, 0.5) is 0 Å². The van der Waals surface area contributed by atoms with Gasteiger partial charge in [-0.05, 0) is 13.3 Å². The van der Waals surface area contributed by atoms with Crippen molar-refractivity contribution in [3.63, 3.8) is 0 Å². The molecule has 1 aromatic heterocycles. The van der Waals surface area contributed by atoms with Crippen LogP contribution >= 0.6 is 0 Å². The van der Waals surface area contributed by atoms with E-state index in [9.17, 15) is 0 Å². The number of ether oxygens (including phenoxy) is 1. The Balaban J connectivity index is 2.65. The SMILES string of the molecule is C=COC(C)c1nccn1CCCC. The highest BCUT2D eigenvalue weighted by Crippen LogP contribution is 2.15. The van der Waals surface area contributed by atoms with Crippen molar-refractivity contribution in [1.82, 2.24) is 9.55 Å². The largest absolute Gasteiger partial charge is 0.491 e. The van der Waals surface area contributed by atoms with Crippen LogP contribution in [0, 0.1) is 0 Å².